The van der Waals surface area contributed by atoms with Gasteiger partial charge in [-0.3, -0.25) is 0 Å². The van der Waals surface area contributed by atoms with Crippen molar-refractivity contribution in [1.29, 1.82) is 0 Å². The molecule has 1 aliphatic rings. The van der Waals surface area contributed by atoms with Gasteiger partial charge >= 0.3 is 5.97 Å². The quantitative estimate of drug-likeness (QED) is 0.439. The van der Waals surface area contributed by atoms with Crippen LogP contribution in [0.25, 0.3) is 11.1 Å². The van der Waals surface area contributed by atoms with Crippen molar-refractivity contribution < 1.29 is 27.8 Å². The summed E-state index contributed by atoms with van der Waals surface area (Å²) in [7, 11) is -3.78. The van der Waals surface area contributed by atoms with E-state index in [1.54, 1.807) is 24.3 Å². The van der Waals surface area contributed by atoms with Crippen molar-refractivity contribution in [3.05, 3.63) is 77.4 Å². The van der Waals surface area contributed by atoms with Crippen LogP contribution in [0.2, 0.25) is 0 Å². The third-order valence-electron chi connectivity index (χ3n) is 6.10. The normalized spacial score (nSPS) is 15.3. The predicted octanol–water partition coefficient (Wildman–Crippen LogP) is 4.88. The maximum atomic E-state index is 13.3. The highest BCUT2D eigenvalue weighted by molar-refractivity contribution is 7.89. The van der Waals surface area contributed by atoms with E-state index in [2.05, 4.69) is 4.72 Å². The molecule has 0 aliphatic heterocycles. The molecule has 0 bridgehead atoms. The molecule has 1 aliphatic carbocycles. The molecule has 8 heteroatoms. The minimum atomic E-state index is -3.78. The second-order valence-electron chi connectivity index (χ2n) is 8.51. The number of fused-ring (bicyclic) bond motifs is 1. The summed E-state index contributed by atoms with van der Waals surface area (Å²) in [6.45, 7) is 3.99. The molecule has 7 nitrogen and oxygen atoms in total. The summed E-state index contributed by atoms with van der Waals surface area (Å²) in [5.41, 5.74) is 4.47. The first kappa shape index (κ1) is 24.8. The molecule has 0 aromatic heterocycles. The number of aryl methyl sites for hydroxylation is 1. The van der Waals surface area contributed by atoms with E-state index >= 15 is 0 Å². The average molecular weight is 496 g/mol. The number of carbonyl (C=O) groups is 1. The van der Waals surface area contributed by atoms with Crippen LogP contribution < -0.4 is 14.2 Å². The lowest BCUT2D eigenvalue weighted by Crippen LogP contribution is -2.31. The fourth-order valence-corrected chi connectivity index (χ4v) is 5.83. The number of hydrogen-bond donors (Lipinski definition) is 2. The summed E-state index contributed by atoms with van der Waals surface area (Å²) in [6, 6.07) is 17.8. The molecule has 0 heterocycles. The summed E-state index contributed by atoms with van der Waals surface area (Å²) < 4.78 is 40.4. The van der Waals surface area contributed by atoms with Crippen molar-refractivity contribution in [3.63, 3.8) is 0 Å². The first-order valence-electron chi connectivity index (χ1n) is 11.6. The van der Waals surface area contributed by atoms with Crippen LogP contribution in [0, 0.1) is 6.92 Å². The van der Waals surface area contributed by atoms with E-state index < -0.39 is 28.6 Å². The zero-order chi connectivity index (χ0) is 25.0. The topological polar surface area (TPSA) is 102 Å². The molecule has 3 aromatic carbocycles. The van der Waals surface area contributed by atoms with E-state index in [0.29, 0.717) is 25.2 Å². The maximum Gasteiger partial charge on any atom is 0.341 e. The molecular formula is C27H29NO6S. The van der Waals surface area contributed by atoms with Crippen LogP contribution >= 0.6 is 0 Å². The van der Waals surface area contributed by atoms with Crippen LogP contribution in [0.15, 0.2) is 65.6 Å². The smallest absolute Gasteiger partial charge is 0.341 e. The van der Waals surface area contributed by atoms with E-state index in [-0.39, 0.29) is 4.90 Å². The van der Waals surface area contributed by atoms with Crippen molar-refractivity contribution in [2.75, 3.05) is 13.2 Å². The number of ether oxygens (including phenoxy) is 2. The first-order valence-corrected chi connectivity index (χ1v) is 13.1. The SMILES string of the molecule is CCOc1ccc(-c2ccc(S(=O)(=O)N[C@@H]3CCCc4c(OCC(=O)O)cccc43)cc2C)cc1. The Bertz CT molecular complexity index is 1320. The highest BCUT2D eigenvalue weighted by Crippen LogP contribution is 2.36. The molecule has 1 atom stereocenters. The van der Waals surface area contributed by atoms with Gasteiger partial charge < -0.3 is 14.6 Å². The molecule has 4 rings (SSSR count). The summed E-state index contributed by atoms with van der Waals surface area (Å²) >= 11 is 0. The van der Waals surface area contributed by atoms with Gasteiger partial charge in [-0.15, -0.1) is 0 Å². The van der Waals surface area contributed by atoms with E-state index in [1.807, 2.05) is 50.2 Å². The van der Waals surface area contributed by atoms with E-state index in [9.17, 15) is 13.2 Å². The average Bonchev–Trinajstić information content (AvgIpc) is 2.83. The molecule has 0 saturated carbocycles. The Labute approximate surface area is 205 Å². The largest absolute Gasteiger partial charge is 0.494 e. The molecule has 0 fully saturated rings. The summed E-state index contributed by atoms with van der Waals surface area (Å²) in [4.78, 5) is 11.1. The van der Waals surface area contributed by atoms with Gasteiger partial charge in [-0.2, -0.15) is 0 Å². The Balaban J connectivity index is 1.56. The van der Waals surface area contributed by atoms with Gasteiger partial charge in [0.15, 0.2) is 6.61 Å². The highest BCUT2D eigenvalue weighted by Gasteiger charge is 2.28. The number of rotatable bonds is 9. The molecule has 3 aromatic rings. The van der Waals surface area contributed by atoms with Crippen molar-refractivity contribution in [2.45, 2.75) is 44.0 Å². The number of aliphatic carboxylic acids is 1. The van der Waals surface area contributed by atoms with Crippen LogP contribution in [0.3, 0.4) is 0 Å². The fourth-order valence-electron chi connectivity index (χ4n) is 4.49. The Hall–Kier alpha value is -3.36. The Morgan fingerprint density at radius 1 is 1.09 bits per heavy atom. The Morgan fingerprint density at radius 2 is 1.86 bits per heavy atom. The van der Waals surface area contributed by atoms with Gasteiger partial charge in [0, 0.05) is 6.04 Å². The maximum absolute atomic E-state index is 13.3. The van der Waals surface area contributed by atoms with Crippen molar-refractivity contribution in [3.8, 4) is 22.6 Å². The molecular weight excluding hydrogens is 466 g/mol. The van der Waals surface area contributed by atoms with Gasteiger partial charge in [-0.05, 0) is 91.3 Å². The number of hydrogen-bond acceptors (Lipinski definition) is 5. The molecule has 0 spiro atoms. The Kier molecular flexibility index (Phi) is 7.42. The number of sulfonamides is 1. The van der Waals surface area contributed by atoms with Gasteiger partial charge in [0.05, 0.1) is 11.5 Å². The minimum absolute atomic E-state index is 0.204. The lowest BCUT2D eigenvalue weighted by Gasteiger charge is -2.27. The van der Waals surface area contributed by atoms with Gasteiger partial charge in [0.25, 0.3) is 0 Å². The fraction of sp³-hybridized carbons (Fsp3) is 0.296. The standard InChI is InChI=1S/C27H29NO6S/c1-3-33-20-12-10-19(11-13-20)22-15-14-21(16-18(22)2)35(31,32)28-25-8-4-7-24-23(25)6-5-9-26(24)34-17-27(29)30/h5-6,9-16,25,28H,3-4,7-8,17H2,1-2H3,(H,29,30)/t25-/m1/s1. The molecule has 0 unspecified atom stereocenters. The second kappa shape index (κ2) is 10.5. The third kappa shape index (κ3) is 5.66. The first-order chi connectivity index (χ1) is 16.8. The summed E-state index contributed by atoms with van der Waals surface area (Å²) in [5, 5.41) is 8.94. The molecule has 2 N–H and O–H groups in total. The molecule has 0 radical (unpaired) electrons. The van der Waals surface area contributed by atoms with Gasteiger partial charge in [-0.1, -0.05) is 30.3 Å². The zero-order valence-electron chi connectivity index (χ0n) is 19.8. The van der Waals surface area contributed by atoms with Gasteiger partial charge in [0.1, 0.15) is 11.5 Å². The minimum Gasteiger partial charge on any atom is -0.494 e. The lowest BCUT2D eigenvalue weighted by atomic mass is 9.87. The van der Waals surface area contributed by atoms with Crippen molar-refractivity contribution >= 4 is 16.0 Å². The van der Waals surface area contributed by atoms with Crippen LogP contribution in [-0.4, -0.2) is 32.7 Å². The van der Waals surface area contributed by atoms with Gasteiger partial charge in [-0.25, -0.2) is 17.9 Å². The van der Waals surface area contributed by atoms with E-state index in [0.717, 1.165) is 40.0 Å². The van der Waals surface area contributed by atoms with Crippen LogP contribution in [0.1, 0.15) is 42.5 Å². The number of nitrogens with one attached hydrogen (secondary N) is 1. The van der Waals surface area contributed by atoms with E-state index in [4.69, 9.17) is 14.6 Å². The van der Waals surface area contributed by atoms with Crippen LogP contribution in [-0.2, 0) is 21.2 Å². The second-order valence-corrected chi connectivity index (χ2v) is 10.2. The zero-order valence-corrected chi connectivity index (χ0v) is 20.6. The van der Waals surface area contributed by atoms with Crippen LogP contribution in [0.4, 0.5) is 0 Å². The summed E-state index contributed by atoms with van der Waals surface area (Å²) in [5.74, 6) is 0.227. The number of benzene rings is 3. The highest BCUT2D eigenvalue weighted by atomic mass is 32.2. The predicted molar refractivity (Wildman–Crippen MR) is 133 cm³/mol. The molecule has 184 valence electrons. The number of carboxylic acids is 1. The van der Waals surface area contributed by atoms with Crippen molar-refractivity contribution in [1.82, 2.24) is 4.72 Å². The lowest BCUT2D eigenvalue weighted by molar-refractivity contribution is -0.139. The summed E-state index contributed by atoms with van der Waals surface area (Å²) in [6.07, 6.45) is 2.13. The van der Waals surface area contributed by atoms with Gasteiger partial charge in [0.2, 0.25) is 10.0 Å². The molecule has 0 saturated heterocycles. The van der Waals surface area contributed by atoms with Crippen LogP contribution in [0.5, 0.6) is 11.5 Å². The molecule has 0 amide bonds. The van der Waals surface area contributed by atoms with Crippen molar-refractivity contribution in [2.24, 2.45) is 0 Å². The van der Waals surface area contributed by atoms with E-state index in [1.165, 1.54) is 0 Å². The molecule has 35 heavy (non-hydrogen) atoms. The third-order valence-corrected chi connectivity index (χ3v) is 7.57. The Morgan fingerprint density at radius 3 is 2.54 bits per heavy atom. The monoisotopic (exact) mass is 495 g/mol. The number of carboxylic acid groups (broad SMARTS) is 1.